The number of thiophene rings is 1. The van der Waals surface area contributed by atoms with E-state index in [4.69, 9.17) is 0 Å². The van der Waals surface area contributed by atoms with Crippen molar-refractivity contribution in [2.45, 2.75) is 17.1 Å². The summed E-state index contributed by atoms with van der Waals surface area (Å²) in [6, 6.07) is 5.64. The minimum absolute atomic E-state index is 0.0803. The molecule has 22 heavy (non-hydrogen) atoms. The van der Waals surface area contributed by atoms with E-state index in [9.17, 15) is 26.4 Å². The molecule has 10 heteroatoms. The zero-order valence-corrected chi connectivity index (χ0v) is 12.4. The predicted octanol–water partition coefficient (Wildman–Crippen LogP) is 2.37. The summed E-state index contributed by atoms with van der Waals surface area (Å²) < 4.78 is 60.7. The number of nitrogens with one attached hydrogen (secondary N) is 1. The monoisotopic (exact) mass is 350 g/mol. The third kappa shape index (κ3) is 3.28. The molecule has 0 aliphatic heterocycles. The third-order valence-electron chi connectivity index (χ3n) is 2.58. The van der Waals surface area contributed by atoms with Crippen LogP contribution in [0.2, 0.25) is 0 Å². The van der Waals surface area contributed by atoms with Crippen molar-refractivity contribution in [1.82, 2.24) is 10.3 Å². The first-order valence-corrected chi connectivity index (χ1v) is 8.16. The van der Waals surface area contributed by atoms with Gasteiger partial charge in [0.2, 0.25) is 0 Å². The van der Waals surface area contributed by atoms with E-state index in [1.807, 2.05) is 0 Å². The van der Waals surface area contributed by atoms with Crippen molar-refractivity contribution in [3.05, 3.63) is 46.3 Å². The Bertz CT molecular complexity index is 771. The summed E-state index contributed by atoms with van der Waals surface area (Å²) in [6.07, 6.45) is 0.884. The number of hydrogen-bond acceptors (Lipinski definition) is 5. The van der Waals surface area contributed by atoms with E-state index in [-0.39, 0.29) is 6.54 Å². The van der Waals surface area contributed by atoms with E-state index in [0.717, 1.165) is 17.1 Å². The maximum absolute atomic E-state index is 12.6. The van der Waals surface area contributed by atoms with Crippen molar-refractivity contribution in [2.24, 2.45) is 0 Å². The van der Waals surface area contributed by atoms with E-state index >= 15 is 0 Å². The fraction of sp³-hybridized carbons (Fsp3) is 0.167. The van der Waals surface area contributed by atoms with Crippen molar-refractivity contribution in [3.8, 4) is 0 Å². The molecule has 0 saturated carbocycles. The Balaban J connectivity index is 2.31. The molecule has 0 atom stereocenters. The zero-order valence-electron chi connectivity index (χ0n) is 10.8. The van der Waals surface area contributed by atoms with Gasteiger partial charge in [0.15, 0.2) is 5.03 Å². The first kappa shape index (κ1) is 16.4. The van der Waals surface area contributed by atoms with Crippen LogP contribution in [0.25, 0.3) is 0 Å². The third-order valence-corrected chi connectivity index (χ3v) is 4.90. The van der Waals surface area contributed by atoms with Gasteiger partial charge in [-0.2, -0.15) is 13.2 Å². The summed E-state index contributed by atoms with van der Waals surface area (Å²) in [5.74, 6) is -0.940. The molecule has 2 aromatic rings. The highest BCUT2D eigenvalue weighted by atomic mass is 32.2. The highest BCUT2D eigenvalue weighted by Crippen LogP contribution is 2.30. The normalized spacial score (nSPS) is 12.1. The average Bonchev–Trinajstić information content (AvgIpc) is 2.97. The smallest absolute Gasteiger partial charge is 0.347 e. The second-order valence-corrected chi connectivity index (χ2v) is 6.96. The predicted molar refractivity (Wildman–Crippen MR) is 73.0 cm³/mol. The molecule has 0 aliphatic rings. The number of hydrogen-bond donors (Lipinski definition) is 1. The molecule has 0 saturated heterocycles. The van der Waals surface area contributed by atoms with Crippen molar-refractivity contribution >= 4 is 27.1 Å². The molecule has 2 rings (SSSR count). The lowest BCUT2D eigenvalue weighted by Gasteiger charge is -2.11. The lowest BCUT2D eigenvalue weighted by molar-refractivity contribution is -0.0438. The quantitative estimate of drug-likeness (QED) is 0.918. The van der Waals surface area contributed by atoms with Gasteiger partial charge in [-0.25, -0.2) is 13.4 Å². The van der Waals surface area contributed by atoms with Gasteiger partial charge in [0.25, 0.3) is 15.7 Å². The number of pyridine rings is 1. The topological polar surface area (TPSA) is 76.1 Å². The molecule has 2 heterocycles. The molecule has 0 aromatic carbocycles. The Morgan fingerprint density at radius 1 is 1.27 bits per heavy atom. The van der Waals surface area contributed by atoms with Gasteiger partial charge >= 0.3 is 5.51 Å². The number of amides is 1. The number of sulfone groups is 1. The fourth-order valence-electron chi connectivity index (χ4n) is 1.56. The van der Waals surface area contributed by atoms with Gasteiger partial charge in [0, 0.05) is 11.1 Å². The van der Waals surface area contributed by atoms with Gasteiger partial charge in [0.05, 0.1) is 12.1 Å². The van der Waals surface area contributed by atoms with E-state index in [0.29, 0.717) is 0 Å². The maximum atomic E-state index is 12.6. The Labute approximate surface area is 127 Å². The first-order valence-electron chi connectivity index (χ1n) is 5.80. The highest BCUT2D eigenvalue weighted by molar-refractivity contribution is 7.92. The molecule has 0 radical (unpaired) electrons. The van der Waals surface area contributed by atoms with E-state index in [1.54, 1.807) is 17.5 Å². The Hall–Kier alpha value is -1.94. The summed E-state index contributed by atoms with van der Waals surface area (Å²) in [7, 11) is -5.69. The van der Waals surface area contributed by atoms with Crippen molar-refractivity contribution < 1.29 is 26.4 Å². The minimum atomic E-state index is -5.69. The van der Waals surface area contributed by atoms with Gasteiger partial charge in [-0.15, -0.1) is 11.3 Å². The van der Waals surface area contributed by atoms with Crippen LogP contribution in [0.3, 0.4) is 0 Å². The number of alkyl halides is 3. The van der Waals surface area contributed by atoms with Crippen molar-refractivity contribution in [2.75, 3.05) is 0 Å². The van der Waals surface area contributed by atoms with Crippen LogP contribution >= 0.6 is 11.3 Å². The van der Waals surface area contributed by atoms with Crippen molar-refractivity contribution in [3.63, 3.8) is 0 Å². The van der Waals surface area contributed by atoms with Crippen LogP contribution in [0.1, 0.15) is 15.2 Å². The van der Waals surface area contributed by atoms with Crippen molar-refractivity contribution in [1.29, 1.82) is 0 Å². The van der Waals surface area contributed by atoms with Crippen LogP contribution in [0, 0.1) is 0 Å². The molecule has 0 aliphatic carbocycles. The summed E-state index contributed by atoms with van der Waals surface area (Å²) in [6.45, 7) is 0.0803. The number of carbonyl (C=O) groups is 1. The molecule has 2 aromatic heterocycles. The van der Waals surface area contributed by atoms with Crippen LogP contribution in [0.5, 0.6) is 0 Å². The SMILES string of the molecule is O=C(NCc1cccs1)c1cccnc1S(=O)(=O)C(F)(F)F. The van der Waals surface area contributed by atoms with Crippen LogP contribution in [0.4, 0.5) is 13.2 Å². The van der Waals surface area contributed by atoms with Crippen LogP contribution in [-0.2, 0) is 16.4 Å². The molecule has 5 nitrogen and oxygen atoms in total. The average molecular weight is 350 g/mol. The number of halogens is 3. The first-order chi connectivity index (χ1) is 10.2. The molecule has 1 amide bonds. The van der Waals surface area contributed by atoms with Gasteiger partial charge < -0.3 is 5.32 Å². The summed E-state index contributed by atoms with van der Waals surface area (Å²) in [5, 5.41) is 2.83. The highest BCUT2D eigenvalue weighted by Gasteiger charge is 2.49. The van der Waals surface area contributed by atoms with Gasteiger partial charge in [0.1, 0.15) is 0 Å². The molecular weight excluding hydrogens is 341 g/mol. The van der Waals surface area contributed by atoms with E-state index < -0.39 is 31.8 Å². The van der Waals surface area contributed by atoms with E-state index in [2.05, 4.69) is 10.3 Å². The molecule has 118 valence electrons. The Morgan fingerprint density at radius 3 is 2.59 bits per heavy atom. The summed E-state index contributed by atoms with van der Waals surface area (Å²) in [5.41, 5.74) is -6.17. The zero-order chi connectivity index (χ0) is 16.4. The number of carbonyl (C=O) groups excluding carboxylic acids is 1. The maximum Gasteiger partial charge on any atom is 0.503 e. The summed E-state index contributed by atoms with van der Waals surface area (Å²) >= 11 is 1.35. The lowest BCUT2D eigenvalue weighted by Crippen LogP contribution is -2.29. The molecule has 0 unspecified atom stereocenters. The second-order valence-electron chi connectivity index (χ2n) is 4.07. The van der Waals surface area contributed by atoms with Crippen LogP contribution < -0.4 is 5.32 Å². The minimum Gasteiger partial charge on any atom is -0.347 e. The van der Waals surface area contributed by atoms with Crippen LogP contribution in [0.15, 0.2) is 40.9 Å². The molecule has 1 N–H and O–H groups in total. The number of nitrogens with zero attached hydrogens (tertiary/aromatic N) is 1. The van der Waals surface area contributed by atoms with Gasteiger partial charge in [-0.3, -0.25) is 4.79 Å². The lowest BCUT2D eigenvalue weighted by atomic mass is 10.2. The number of rotatable bonds is 4. The second kappa shape index (κ2) is 6.05. The molecule has 0 spiro atoms. The molecule has 0 bridgehead atoms. The Morgan fingerprint density at radius 2 is 2.00 bits per heavy atom. The van der Waals surface area contributed by atoms with Gasteiger partial charge in [-0.05, 0) is 23.6 Å². The standard InChI is InChI=1S/C12H9F3N2O3S2/c13-12(14,15)22(19,20)11-9(4-1-5-16-11)10(18)17-7-8-3-2-6-21-8/h1-6H,7H2,(H,17,18). The van der Waals surface area contributed by atoms with Gasteiger partial charge in [-0.1, -0.05) is 6.07 Å². The van der Waals surface area contributed by atoms with E-state index in [1.165, 1.54) is 17.4 Å². The fourth-order valence-corrected chi connectivity index (χ4v) is 3.08. The molecular formula is C12H9F3N2O3S2. The Kier molecular flexibility index (Phi) is 4.52. The number of aromatic nitrogens is 1. The van der Waals surface area contributed by atoms with Crippen LogP contribution in [-0.4, -0.2) is 24.8 Å². The largest absolute Gasteiger partial charge is 0.503 e. The summed E-state index contributed by atoms with van der Waals surface area (Å²) in [4.78, 5) is 15.9. The molecule has 0 fully saturated rings.